The zero-order valence-corrected chi connectivity index (χ0v) is 16.4. The van der Waals surface area contributed by atoms with Gasteiger partial charge in [-0.1, -0.05) is 55.5 Å². The summed E-state index contributed by atoms with van der Waals surface area (Å²) in [5.74, 6) is 1.20. The Kier molecular flexibility index (Phi) is 4.82. The van der Waals surface area contributed by atoms with E-state index in [2.05, 4.69) is 42.5 Å². The fourth-order valence-corrected chi connectivity index (χ4v) is 4.51. The third kappa shape index (κ3) is 3.41. The van der Waals surface area contributed by atoms with E-state index in [1.54, 1.807) is 0 Å². The molecular weight excluding hydrogens is 351 g/mol. The van der Waals surface area contributed by atoms with Crippen molar-refractivity contribution in [3.8, 4) is 28.0 Å². The Balaban J connectivity index is 1.69. The molecule has 0 spiro atoms. The number of hydrogen-bond acceptors (Lipinski definition) is 5. The standard InChI is InChI=1S/C21H21BN4S/c1-12(2)22-18-8-6-13(10-14(18)11-23)20-25-21(27-26-20)17-5-3-4-16-15(17)7-9-19(16)24/h3-6,8,10,12,19,22H,7,9,24H2,1-2H3/t19-/m0/s1. The summed E-state index contributed by atoms with van der Waals surface area (Å²) >= 11 is 1.41. The molecule has 1 aromatic heterocycles. The fraction of sp³-hybridized carbons (Fsp3) is 0.286. The van der Waals surface area contributed by atoms with Gasteiger partial charge >= 0.3 is 0 Å². The smallest absolute Gasteiger partial charge is 0.173 e. The van der Waals surface area contributed by atoms with Crippen molar-refractivity contribution in [2.24, 2.45) is 5.73 Å². The van der Waals surface area contributed by atoms with Gasteiger partial charge in [-0.3, -0.25) is 0 Å². The highest BCUT2D eigenvalue weighted by molar-refractivity contribution is 7.09. The number of hydrogen-bond donors (Lipinski definition) is 1. The van der Waals surface area contributed by atoms with Crippen LogP contribution in [0.5, 0.6) is 0 Å². The van der Waals surface area contributed by atoms with E-state index in [0.29, 0.717) is 17.2 Å². The van der Waals surface area contributed by atoms with Crippen molar-refractivity contribution in [3.05, 3.63) is 53.1 Å². The third-order valence-corrected chi connectivity index (χ3v) is 5.84. The summed E-state index contributed by atoms with van der Waals surface area (Å²) < 4.78 is 4.56. The van der Waals surface area contributed by atoms with Crippen LogP contribution in [0.3, 0.4) is 0 Å². The molecule has 4 nitrogen and oxygen atoms in total. The van der Waals surface area contributed by atoms with Crippen LogP contribution in [0.4, 0.5) is 0 Å². The van der Waals surface area contributed by atoms with E-state index in [9.17, 15) is 5.26 Å². The summed E-state index contributed by atoms with van der Waals surface area (Å²) in [5, 5.41) is 10.4. The van der Waals surface area contributed by atoms with Crippen LogP contribution >= 0.6 is 11.5 Å². The van der Waals surface area contributed by atoms with Gasteiger partial charge in [-0.05, 0) is 41.6 Å². The van der Waals surface area contributed by atoms with Crippen LogP contribution in [0.25, 0.3) is 22.0 Å². The van der Waals surface area contributed by atoms with Gasteiger partial charge in [0.1, 0.15) is 5.01 Å². The number of nitriles is 1. The topological polar surface area (TPSA) is 75.6 Å². The average Bonchev–Trinajstić information content (AvgIpc) is 3.29. The minimum absolute atomic E-state index is 0.124. The molecule has 0 saturated heterocycles. The number of fused-ring (bicyclic) bond motifs is 1. The Hall–Kier alpha value is -2.49. The van der Waals surface area contributed by atoms with Gasteiger partial charge in [0.05, 0.1) is 6.07 Å². The molecule has 6 heteroatoms. The van der Waals surface area contributed by atoms with Crippen LogP contribution in [0, 0.1) is 11.3 Å². The van der Waals surface area contributed by atoms with Crippen molar-refractivity contribution in [2.45, 2.75) is 38.5 Å². The van der Waals surface area contributed by atoms with Gasteiger partial charge in [0, 0.05) is 22.7 Å². The molecule has 1 aliphatic carbocycles. The van der Waals surface area contributed by atoms with E-state index < -0.39 is 0 Å². The van der Waals surface area contributed by atoms with E-state index in [1.165, 1.54) is 22.7 Å². The molecule has 1 heterocycles. The fourth-order valence-electron chi connectivity index (χ4n) is 3.77. The third-order valence-electron chi connectivity index (χ3n) is 5.09. The van der Waals surface area contributed by atoms with Gasteiger partial charge in [-0.25, -0.2) is 4.98 Å². The minimum atomic E-state index is 0.124. The monoisotopic (exact) mass is 372 g/mol. The van der Waals surface area contributed by atoms with Crippen molar-refractivity contribution in [1.82, 2.24) is 9.36 Å². The first-order valence-electron chi connectivity index (χ1n) is 9.31. The quantitative estimate of drug-likeness (QED) is 0.711. The Bertz CT molecular complexity index is 1030. The average molecular weight is 372 g/mol. The minimum Gasteiger partial charge on any atom is -0.324 e. The molecule has 134 valence electrons. The molecule has 2 aromatic carbocycles. The largest absolute Gasteiger partial charge is 0.324 e. The summed E-state index contributed by atoms with van der Waals surface area (Å²) in [4.78, 5) is 4.78. The maximum Gasteiger partial charge on any atom is 0.173 e. The lowest BCUT2D eigenvalue weighted by Crippen LogP contribution is -2.20. The van der Waals surface area contributed by atoms with Crippen molar-refractivity contribution in [3.63, 3.8) is 0 Å². The molecule has 0 fully saturated rings. The molecular formula is C21H21BN4S. The Labute approximate surface area is 164 Å². The SMILES string of the molecule is CC(C)Bc1ccc(-c2nsc(-c3cccc4c3CC[C@@H]4N)n2)cc1C#N. The molecule has 4 rings (SSSR count). The first-order chi connectivity index (χ1) is 13.1. The molecule has 0 unspecified atom stereocenters. The van der Waals surface area contributed by atoms with E-state index in [0.717, 1.165) is 41.7 Å². The van der Waals surface area contributed by atoms with E-state index in [1.807, 2.05) is 18.2 Å². The van der Waals surface area contributed by atoms with Gasteiger partial charge in [-0.15, -0.1) is 0 Å². The molecule has 0 aliphatic heterocycles. The van der Waals surface area contributed by atoms with Gasteiger partial charge < -0.3 is 5.73 Å². The van der Waals surface area contributed by atoms with Crippen LogP contribution in [0.1, 0.15) is 43.0 Å². The van der Waals surface area contributed by atoms with Crippen LogP contribution < -0.4 is 11.2 Å². The van der Waals surface area contributed by atoms with Gasteiger partial charge in [0.15, 0.2) is 13.1 Å². The van der Waals surface area contributed by atoms with Gasteiger partial charge in [0.25, 0.3) is 0 Å². The zero-order valence-electron chi connectivity index (χ0n) is 15.6. The molecule has 1 aliphatic rings. The van der Waals surface area contributed by atoms with Crippen LogP contribution in [-0.2, 0) is 6.42 Å². The lowest BCUT2D eigenvalue weighted by Gasteiger charge is -2.07. The Morgan fingerprint density at radius 1 is 1.30 bits per heavy atom. The summed E-state index contributed by atoms with van der Waals surface area (Å²) in [6.07, 6.45) is 1.98. The maximum atomic E-state index is 9.52. The van der Waals surface area contributed by atoms with E-state index in [4.69, 9.17) is 10.7 Å². The van der Waals surface area contributed by atoms with E-state index >= 15 is 0 Å². The van der Waals surface area contributed by atoms with Crippen molar-refractivity contribution in [1.29, 1.82) is 5.26 Å². The second-order valence-electron chi connectivity index (χ2n) is 7.52. The Morgan fingerprint density at radius 3 is 2.93 bits per heavy atom. The number of aromatic nitrogens is 2. The first-order valence-corrected chi connectivity index (χ1v) is 10.1. The van der Waals surface area contributed by atoms with Crippen molar-refractivity contribution < 1.29 is 0 Å². The lowest BCUT2D eigenvalue weighted by atomic mass is 9.59. The lowest BCUT2D eigenvalue weighted by molar-refractivity contribution is 0.713. The zero-order chi connectivity index (χ0) is 19.0. The predicted molar refractivity (Wildman–Crippen MR) is 113 cm³/mol. The van der Waals surface area contributed by atoms with Crippen LogP contribution in [-0.4, -0.2) is 16.6 Å². The summed E-state index contributed by atoms with van der Waals surface area (Å²) in [6.45, 7) is 4.32. The molecule has 0 amide bonds. The molecule has 0 saturated carbocycles. The van der Waals surface area contributed by atoms with Crippen LogP contribution in [0.15, 0.2) is 36.4 Å². The first kappa shape index (κ1) is 17.9. The normalized spacial score (nSPS) is 15.6. The highest BCUT2D eigenvalue weighted by Crippen LogP contribution is 2.37. The van der Waals surface area contributed by atoms with E-state index in [-0.39, 0.29) is 6.04 Å². The van der Waals surface area contributed by atoms with Gasteiger partial charge in [0.2, 0.25) is 0 Å². The highest BCUT2D eigenvalue weighted by Gasteiger charge is 2.23. The number of nitrogens with two attached hydrogens (primary N) is 1. The summed E-state index contributed by atoms with van der Waals surface area (Å²) in [7, 11) is 0.898. The maximum absolute atomic E-state index is 9.52. The number of benzene rings is 2. The van der Waals surface area contributed by atoms with Gasteiger partial charge in [-0.2, -0.15) is 9.64 Å². The Morgan fingerprint density at radius 2 is 2.15 bits per heavy atom. The van der Waals surface area contributed by atoms with Crippen molar-refractivity contribution in [2.75, 3.05) is 0 Å². The molecule has 27 heavy (non-hydrogen) atoms. The second-order valence-corrected chi connectivity index (χ2v) is 8.28. The summed E-state index contributed by atoms with van der Waals surface area (Å²) in [6, 6.07) is 14.7. The predicted octanol–water partition coefficient (Wildman–Crippen LogP) is 3.58. The van der Waals surface area contributed by atoms with Crippen molar-refractivity contribution >= 4 is 24.3 Å². The molecule has 0 radical (unpaired) electrons. The highest BCUT2D eigenvalue weighted by atomic mass is 32.1. The summed E-state index contributed by atoms with van der Waals surface area (Å²) in [5.41, 5.74) is 12.6. The molecule has 0 bridgehead atoms. The van der Waals surface area contributed by atoms with Crippen LogP contribution in [0.2, 0.25) is 5.82 Å². The number of nitrogens with zero attached hydrogens (tertiary/aromatic N) is 3. The molecule has 2 N–H and O–H groups in total. The number of rotatable bonds is 4. The molecule has 1 atom stereocenters. The molecule has 3 aromatic rings. The second kappa shape index (κ2) is 7.26.